The summed E-state index contributed by atoms with van der Waals surface area (Å²) in [5.74, 6) is 0.676. The molecule has 1 aliphatic carbocycles. The lowest BCUT2D eigenvalue weighted by molar-refractivity contribution is -0.137. The summed E-state index contributed by atoms with van der Waals surface area (Å²) in [4.78, 5) is 16.9. The summed E-state index contributed by atoms with van der Waals surface area (Å²) in [7, 11) is 0. The molecule has 29 heavy (non-hydrogen) atoms. The van der Waals surface area contributed by atoms with Gasteiger partial charge < -0.3 is 9.84 Å². The monoisotopic (exact) mass is 421 g/mol. The van der Waals surface area contributed by atoms with E-state index in [1.165, 1.54) is 6.07 Å². The first-order valence-electron chi connectivity index (χ1n) is 8.93. The van der Waals surface area contributed by atoms with Crippen molar-refractivity contribution in [3.63, 3.8) is 0 Å². The Morgan fingerprint density at radius 3 is 2.66 bits per heavy atom. The SMILES string of the molecule is O=C(Nc1ccc(Cl)c(C(F)(F)F)c1)c1cccc(-c2noc(C3CCC3)n2)c1. The van der Waals surface area contributed by atoms with Gasteiger partial charge in [0.1, 0.15) is 0 Å². The van der Waals surface area contributed by atoms with Crippen molar-refractivity contribution in [3.8, 4) is 11.4 Å². The molecule has 0 aliphatic heterocycles. The smallest absolute Gasteiger partial charge is 0.339 e. The first kappa shape index (κ1) is 19.4. The van der Waals surface area contributed by atoms with E-state index < -0.39 is 22.7 Å². The third-order valence-corrected chi connectivity index (χ3v) is 5.14. The number of hydrogen-bond donors (Lipinski definition) is 1. The fourth-order valence-electron chi connectivity index (χ4n) is 3.00. The van der Waals surface area contributed by atoms with Gasteiger partial charge in [-0.15, -0.1) is 0 Å². The van der Waals surface area contributed by atoms with Gasteiger partial charge in [0, 0.05) is 22.7 Å². The van der Waals surface area contributed by atoms with Gasteiger partial charge >= 0.3 is 6.18 Å². The zero-order valence-corrected chi connectivity index (χ0v) is 15.7. The van der Waals surface area contributed by atoms with E-state index in [4.69, 9.17) is 16.1 Å². The van der Waals surface area contributed by atoms with Crippen LogP contribution in [0.15, 0.2) is 47.0 Å². The Labute approximate surface area is 168 Å². The second-order valence-electron chi connectivity index (χ2n) is 6.81. The summed E-state index contributed by atoms with van der Waals surface area (Å²) in [6, 6.07) is 9.69. The van der Waals surface area contributed by atoms with E-state index in [1.54, 1.807) is 24.3 Å². The van der Waals surface area contributed by atoms with Gasteiger partial charge in [0.2, 0.25) is 11.7 Å². The van der Waals surface area contributed by atoms with Crippen LogP contribution in [0.4, 0.5) is 18.9 Å². The minimum absolute atomic E-state index is 0.0102. The number of nitrogens with one attached hydrogen (secondary N) is 1. The highest BCUT2D eigenvalue weighted by Gasteiger charge is 2.33. The molecule has 0 bridgehead atoms. The van der Waals surface area contributed by atoms with Crippen molar-refractivity contribution in [2.24, 2.45) is 0 Å². The highest BCUT2D eigenvalue weighted by Crippen LogP contribution is 2.37. The number of nitrogens with zero attached hydrogens (tertiary/aromatic N) is 2. The maximum Gasteiger partial charge on any atom is 0.417 e. The number of rotatable bonds is 4. The van der Waals surface area contributed by atoms with E-state index in [0.29, 0.717) is 17.3 Å². The number of amides is 1. The summed E-state index contributed by atoms with van der Waals surface area (Å²) in [6.07, 6.45) is -1.44. The molecule has 1 aliphatic rings. The van der Waals surface area contributed by atoms with Crippen molar-refractivity contribution in [3.05, 3.63) is 64.5 Å². The number of halogens is 4. The fourth-order valence-corrected chi connectivity index (χ4v) is 3.22. The van der Waals surface area contributed by atoms with Gasteiger partial charge in [-0.25, -0.2) is 0 Å². The predicted octanol–water partition coefficient (Wildman–Crippen LogP) is 5.93. The Morgan fingerprint density at radius 2 is 1.97 bits per heavy atom. The molecule has 1 amide bonds. The van der Waals surface area contributed by atoms with Gasteiger partial charge in [-0.3, -0.25) is 4.79 Å². The van der Waals surface area contributed by atoms with E-state index in [-0.39, 0.29) is 17.2 Å². The fraction of sp³-hybridized carbons (Fsp3) is 0.250. The second kappa shape index (κ2) is 7.51. The predicted molar refractivity (Wildman–Crippen MR) is 101 cm³/mol. The van der Waals surface area contributed by atoms with Crippen LogP contribution < -0.4 is 5.32 Å². The molecule has 9 heteroatoms. The molecule has 3 aromatic rings. The van der Waals surface area contributed by atoms with Crippen molar-refractivity contribution < 1.29 is 22.5 Å². The number of benzene rings is 2. The van der Waals surface area contributed by atoms with E-state index in [1.807, 2.05) is 0 Å². The van der Waals surface area contributed by atoms with Crippen LogP contribution >= 0.6 is 11.6 Å². The molecule has 0 atom stereocenters. The molecule has 0 radical (unpaired) electrons. The number of carbonyl (C=O) groups excluding carboxylic acids is 1. The topological polar surface area (TPSA) is 68.0 Å². The number of hydrogen-bond acceptors (Lipinski definition) is 4. The molecule has 1 fully saturated rings. The van der Waals surface area contributed by atoms with Crippen LogP contribution in [0.3, 0.4) is 0 Å². The third kappa shape index (κ3) is 4.12. The maximum absolute atomic E-state index is 13.0. The van der Waals surface area contributed by atoms with Crippen molar-refractivity contribution in [1.82, 2.24) is 10.1 Å². The lowest BCUT2D eigenvalue weighted by Gasteiger charge is -2.20. The van der Waals surface area contributed by atoms with Crippen molar-refractivity contribution >= 4 is 23.2 Å². The molecule has 0 saturated heterocycles. The summed E-state index contributed by atoms with van der Waals surface area (Å²) in [6.45, 7) is 0. The Bertz CT molecular complexity index is 1060. The van der Waals surface area contributed by atoms with Gasteiger partial charge in [-0.1, -0.05) is 35.3 Å². The zero-order valence-electron chi connectivity index (χ0n) is 15.0. The highest BCUT2D eigenvalue weighted by atomic mass is 35.5. The van der Waals surface area contributed by atoms with Crippen LogP contribution in [-0.2, 0) is 6.18 Å². The quantitative estimate of drug-likeness (QED) is 0.567. The number of carbonyl (C=O) groups is 1. The molecule has 1 N–H and O–H groups in total. The summed E-state index contributed by atoms with van der Waals surface area (Å²) >= 11 is 5.61. The summed E-state index contributed by atoms with van der Waals surface area (Å²) in [5, 5.41) is 5.99. The van der Waals surface area contributed by atoms with Gasteiger partial charge in [-0.05, 0) is 43.2 Å². The maximum atomic E-state index is 13.0. The summed E-state index contributed by atoms with van der Waals surface area (Å²) in [5.41, 5.74) is -0.190. The Morgan fingerprint density at radius 1 is 1.17 bits per heavy atom. The molecule has 150 valence electrons. The Kier molecular flexibility index (Phi) is 5.04. The minimum Gasteiger partial charge on any atom is -0.339 e. The van der Waals surface area contributed by atoms with Crippen LogP contribution in [0, 0.1) is 0 Å². The van der Waals surface area contributed by atoms with Gasteiger partial charge in [0.25, 0.3) is 5.91 Å². The van der Waals surface area contributed by atoms with Crippen LogP contribution in [-0.4, -0.2) is 16.0 Å². The molecule has 1 aromatic heterocycles. The first-order valence-corrected chi connectivity index (χ1v) is 9.31. The standard InChI is InChI=1S/C20H15ClF3N3O2/c21-16-8-7-14(10-15(16)20(22,23)24)25-18(28)13-6-2-5-12(9-13)17-26-19(29-27-17)11-3-1-4-11/h2,5-11H,1,3-4H2,(H,25,28). The molecule has 0 spiro atoms. The minimum atomic E-state index is -4.62. The Balaban J connectivity index is 1.54. The molecular weight excluding hydrogens is 407 g/mol. The van der Waals surface area contributed by atoms with Crippen molar-refractivity contribution in [1.29, 1.82) is 0 Å². The van der Waals surface area contributed by atoms with E-state index in [0.717, 1.165) is 31.4 Å². The first-order chi connectivity index (χ1) is 13.8. The van der Waals surface area contributed by atoms with E-state index in [2.05, 4.69) is 15.5 Å². The molecule has 4 rings (SSSR count). The van der Waals surface area contributed by atoms with Crippen LogP contribution in [0.5, 0.6) is 0 Å². The number of anilines is 1. The molecule has 2 aromatic carbocycles. The van der Waals surface area contributed by atoms with Crippen molar-refractivity contribution in [2.45, 2.75) is 31.4 Å². The molecular formula is C20H15ClF3N3O2. The van der Waals surface area contributed by atoms with Gasteiger partial charge in [0.15, 0.2) is 0 Å². The molecule has 5 nitrogen and oxygen atoms in total. The average molecular weight is 422 g/mol. The Hall–Kier alpha value is -2.87. The average Bonchev–Trinajstić information content (AvgIpc) is 3.10. The van der Waals surface area contributed by atoms with E-state index in [9.17, 15) is 18.0 Å². The van der Waals surface area contributed by atoms with Crippen LogP contribution in [0.1, 0.15) is 47.0 Å². The number of alkyl halides is 3. The van der Waals surface area contributed by atoms with Gasteiger partial charge in [-0.2, -0.15) is 18.2 Å². The van der Waals surface area contributed by atoms with E-state index >= 15 is 0 Å². The highest BCUT2D eigenvalue weighted by molar-refractivity contribution is 6.31. The van der Waals surface area contributed by atoms with Crippen LogP contribution in [0.25, 0.3) is 11.4 Å². The molecule has 1 saturated carbocycles. The summed E-state index contributed by atoms with van der Waals surface area (Å²) < 4.78 is 44.3. The second-order valence-corrected chi connectivity index (χ2v) is 7.22. The molecule has 0 unspecified atom stereocenters. The number of aromatic nitrogens is 2. The lowest BCUT2D eigenvalue weighted by atomic mass is 9.85. The normalized spacial score (nSPS) is 14.5. The van der Waals surface area contributed by atoms with Crippen LogP contribution in [0.2, 0.25) is 5.02 Å². The van der Waals surface area contributed by atoms with Crippen molar-refractivity contribution in [2.75, 3.05) is 5.32 Å². The van der Waals surface area contributed by atoms with Gasteiger partial charge in [0.05, 0.1) is 10.6 Å². The molecule has 1 heterocycles. The third-order valence-electron chi connectivity index (χ3n) is 4.81. The lowest BCUT2D eigenvalue weighted by Crippen LogP contribution is -2.13. The largest absolute Gasteiger partial charge is 0.417 e. The zero-order chi connectivity index (χ0) is 20.6.